The lowest BCUT2D eigenvalue weighted by Gasteiger charge is -2.22. The predicted octanol–water partition coefficient (Wildman–Crippen LogP) is 3.14. The van der Waals surface area contributed by atoms with E-state index in [9.17, 15) is 9.36 Å². The fourth-order valence-electron chi connectivity index (χ4n) is 1.50. The van der Waals surface area contributed by atoms with E-state index in [2.05, 4.69) is 5.09 Å². The van der Waals surface area contributed by atoms with E-state index in [0.29, 0.717) is 5.75 Å². The van der Waals surface area contributed by atoms with Crippen LogP contribution in [-0.2, 0) is 18.6 Å². The number of carbonyl (C=O) groups excluding carboxylic acids is 1. The maximum absolute atomic E-state index is 12.6. The highest BCUT2D eigenvalue weighted by Gasteiger charge is 2.31. The van der Waals surface area contributed by atoms with Crippen LogP contribution < -0.4 is 9.61 Å². The van der Waals surface area contributed by atoms with Crippen molar-refractivity contribution in [2.45, 2.75) is 39.8 Å². The van der Waals surface area contributed by atoms with E-state index in [0.717, 1.165) is 0 Å². The van der Waals surface area contributed by atoms with Gasteiger partial charge in [0.1, 0.15) is 11.8 Å². The number of esters is 1. The molecule has 2 atom stereocenters. The Kier molecular flexibility index (Phi) is 6.89. The Labute approximate surface area is 125 Å². The molecule has 1 N–H and O–H groups in total. The third-order valence-electron chi connectivity index (χ3n) is 2.33. The monoisotopic (exact) mass is 315 g/mol. The maximum Gasteiger partial charge on any atom is 0.459 e. The van der Waals surface area contributed by atoms with E-state index in [1.165, 1.54) is 0 Å². The molecule has 0 heterocycles. The SMILES string of the molecule is CCO[P@@](=O)(NC(C)C(=O)OC(C)C)Oc1ccccc1. The molecule has 0 spiro atoms. The molecule has 1 aromatic rings. The maximum atomic E-state index is 12.6. The molecule has 0 fully saturated rings. The Morgan fingerprint density at radius 1 is 1.24 bits per heavy atom. The van der Waals surface area contributed by atoms with Gasteiger partial charge in [-0.05, 0) is 39.8 Å². The van der Waals surface area contributed by atoms with Crippen molar-refractivity contribution in [1.29, 1.82) is 0 Å². The molecule has 118 valence electrons. The zero-order valence-corrected chi connectivity index (χ0v) is 13.6. The number of hydrogen-bond acceptors (Lipinski definition) is 5. The quantitative estimate of drug-likeness (QED) is 0.587. The van der Waals surface area contributed by atoms with Crippen LogP contribution in [0.4, 0.5) is 0 Å². The van der Waals surface area contributed by atoms with Crippen molar-refractivity contribution in [2.24, 2.45) is 0 Å². The zero-order valence-electron chi connectivity index (χ0n) is 12.7. The van der Waals surface area contributed by atoms with E-state index in [4.69, 9.17) is 13.8 Å². The lowest BCUT2D eigenvalue weighted by molar-refractivity contribution is -0.149. The second kappa shape index (κ2) is 8.17. The average Bonchev–Trinajstić information content (AvgIpc) is 2.38. The van der Waals surface area contributed by atoms with Crippen LogP contribution in [0.1, 0.15) is 27.7 Å². The van der Waals surface area contributed by atoms with Gasteiger partial charge in [-0.3, -0.25) is 9.32 Å². The number of nitrogens with one attached hydrogen (secondary N) is 1. The van der Waals surface area contributed by atoms with Crippen molar-refractivity contribution >= 4 is 13.7 Å². The average molecular weight is 315 g/mol. The number of benzene rings is 1. The molecule has 0 aromatic heterocycles. The van der Waals surface area contributed by atoms with Crippen molar-refractivity contribution in [3.8, 4) is 5.75 Å². The fourth-order valence-corrected chi connectivity index (χ4v) is 3.00. The second-order valence-electron chi connectivity index (χ2n) is 4.66. The first-order chi connectivity index (χ1) is 9.86. The molecule has 0 radical (unpaired) electrons. The van der Waals surface area contributed by atoms with Crippen LogP contribution in [-0.4, -0.2) is 24.7 Å². The van der Waals surface area contributed by atoms with Crippen LogP contribution >= 0.6 is 7.75 Å². The van der Waals surface area contributed by atoms with Gasteiger partial charge in [-0.25, -0.2) is 4.57 Å². The van der Waals surface area contributed by atoms with Gasteiger partial charge in [0, 0.05) is 0 Å². The van der Waals surface area contributed by atoms with Gasteiger partial charge in [-0.1, -0.05) is 18.2 Å². The molecule has 0 aliphatic carbocycles. The summed E-state index contributed by atoms with van der Waals surface area (Å²) in [6.45, 7) is 6.91. The summed E-state index contributed by atoms with van der Waals surface area (Å²) in [6.07, 6.45) is -0.247. The summed E-state index contributed by atoms with van der Waals surface area (Å²) < 4.78 is 28.2. The van der Waals surface area contributed by atoms with E-state index < -0.39 is 19.8 Å². The van der Waals surface area contributed by atoms with Crippen molar-refractivity contribution in [3.05, 3.63) is 30.3 Å². The molecule has 0 saturated heterocycles. The van der Waals surface area contributed by atoms with E-state index >= 15 is 0 Å². The summed E-state index contributed by atoms with van der Waals surface area (Å²) in [4.78, 5) is 11.8. The highest BCUT2D eigenvalue weighted by atomic mass is 31.2. The first-order valence-electron chi connectivity index (χ1n) is 6.84. The fraction of sp³-hybridized carbons (Fsp3) is 0.500. The summed E-state index contributed by atoms with van der Waals surface area (Å²) in [6, 6.07) is 7.82. The third kappa shape index (κ3) is 6.29. The molecule has 0 saturated carbocycles. The molecule has 7 heteroatoms. The summed E-state index contributed by atoms with van der Waals surface area (Å²) in [5.74, 6) is -0.118. The van der Waals surface area contributed by atoms with Gasteiger partial charge in [0.15, 0.2) is 0 Å². The van der Waals surface area contributed by atoms with Crippen molar-refractivity contribution in [3.63, 3.8) is 0 Å². The number of hydrogen-bond donors (Lipinski definition) is 1. The number of ether oxygens (including phenoxy) is 1. The van der Waals surface area contributed by atoms with Gasteiger partial charge in [-0.2, -0.15) is 5.09 Å². The molecular weight excluding hydrogens is 293 g/mol. The standard InChI is InChI=1S/C14H22NO5P/c1-5-18-21(17,20-13-9-7-6-8-10-13)15-12(4)14(16)19-11(2)3/h6-12H,5H2,1-4H3,(H,15,17)/t12?,21-/m0/s1. The van der Waals surface area contributed by atoms with Crippen LogP contribution in [0.15, 0.2) is 30.3 Å². The van der Waals surface area contributed by atoms with Gasteiger partial charge in [-0.15, -0.1) is 0 Å². The van der Waals surface area contributed by atoms with E-state index in [1.54, 1.807) is 52.0 Å². The minimum atomic E-state index is -3.65. The minimum Gasteiger partial charge on any atom is -0.462 e. The molecule has 0 aliphatic heterocycles. The van der Waals surface area contributed by atoms with Gasteiger partial charge in [0.2, 0.25) is 0 Å². The van der Waals surface area contributed by atoms with E-state index in [1.807, 2.05) is 6.07 Å². The molecule has 0 bridgehead atoms. The Hall–Kier alpha value is -1.36. The number of para-hydroxylation sites is 1. The first kappa shape index (κ1) is 17.7. The molecule has 0 aliphatic rings. The molecular formula is C14H22NO5P. The van der Waals surface area contributed by atoms with Crippen LogP contribution in [0.25, 0.3) is 0 Å². The minimum absolute atomic E-state index is 0.184. The van der Waals surface area contributed by atoms with Crippen LogP contribution in [0.5, 0.6) is 5.75 Å². The molecule has 1 unspecified atom stereocenters. The highest BCUT2D eigenvalue weighted by Crippen LogP contribution is 2.44. The highest BCUT2D eigenvalue weighted by molar-refractivity contribution is 7.52. The second-order valence-corrected chi connectivity index (χ2v) is 6.35. The molecule has 21 heavy (non-hydrogen) atoms. The van der Waals surface area contributed by atoms with Crippen LogP contribution in [0.2, 0.25) is 0 Å². The lowest BCUT2D eigenvalue weighted by atomic mass is 10.3. The molecule has 1 aromatic carbocycles. The summed E-state index contributed by atoms with van der Waals surface area (Å²) in [5, 5.41) is 2.58. The Balaban J connectivity index is 2.76. The molecule has 1 rings (SSSR count). The summed E-state index contributed by atoms with van der Waals surface area (Å²) in [7, 11) is -3.65. The topological polar surface area (TPSA) is 73.9 Å². The van der Waals surface area contributed by atoms with Gasteiger partial charge >= 0.3 is 13.7 Å². The van der Waals surface area contributed by atoms with E-state index in [-0.39, 0.29) is 12.7 Å². The van der Waals surface area contributed by atoms with Crippen molar-refractivity contribution < 1.29 is 23.1 Å². The summed E-state index contributed by atoms with van der Waals surface area (Å²) in [5.41, 5.74) is 0. The van der Waals surface area contributed by atoms with Gasteiger partial charge < -0.3 is 9.26 Å². The lowest BCUT2D eigenvalue weighted by Crippen LogP contribution is -2.36. The summed E-state index contributed by atoms with van der Waals surface area (Å²) >= 11 is 0. The van der Waals surface area contributed by atoms with Crippen molar-refractivity contribution in [2.75, 3.05) is 6.61 Å². The number of carbonyl (C=O) groups is 1. The Morgan fingerprint density at radius 3 is 2.38 bits per heavy atom. The Morgan fingerprint density at radius 2 is 1.86 bits per heavy atom. The van der Waals surface area contributed by atoms with Gasteiger partial charge in [0.25, 0.3) is 0 Å². The number of rotatable bonds is 8. The first-order valence-corrected chi connectivity index (χ1v) is 8.38. The van der Waals surface area contributed by atoms with Crippen LogP contribution in [0.3, 0.4) is 0 Å². The normalized spacial score (nSPS) is 15.3. The predicted molar refractivity (Wildman–Crippen MR) is 80.1 cm³/mol. The Bertz CT molecular complexity index is 491. The smallest absolute Gasteiger partial charge is 0.459 e. The third-order valence-corrected chi connectivity index (χ3v) is 4.08. The molecule has 6 nitrogen and oxygen atoms in total. The molecule has 0 amide bonds. The van der Waals surface area contributed by atoms with Gasteiger partial charge in [0.05, 0.1) is 12.7 Å². The zero-order chi connectivity index (χ0) is 15.9. The largest absolute Gasteiger partial charge is 0.462 e. The van der Waals surface area contributed by atoms with Crippen LogP contribution in [0, 0.1) is 0 Å². The van der Waals surface area contributed by atoms with Crippen molar-refractivity contribution in [1.82, 2.24) is 5.09 Å².